The number of alkyl halides is 2. The predicted molar refractivity (Wildman–Crippen MR) is 83.7 cm³/mol. The van der Waals surface area contributed by atoms with Gasteiger partial charge in [-0.05, 0) is 38.5 Å². The molecule has 2 N–H and O–H groups in total. The van der Waals surface area contributed by atoms with Crippen LogP contribution in [0.1, 0.15) is 32.4 Å². The van der Waals surface area contributed by atoms with E-state index >= 15 is 0 Å². The first-order valence-corrected chi connectivity index (χ1v) is 7.63. The van der Waals surface area contributed by atoms with Gasteiger partial charge in [-0.1, -0.05) is 12.1 Å². The highest BCUT2D eigenvalue weighted by Gasteiger charge is 2.33. The average Bonchev–Trinajstić information content (AvgIpc) is 2.46. The molecule has 2 amide bonds. The lowest BCUT2D eigenvalue weighted by Crippen LogP contribution is -2.62. The number of urea groups is 1. The van der Waals surface area contributed by atoms with Gasteiger partial charge in [-0.25, -0.2) is 4.79 Å². The van der Waals surface area contributed by atoms with Gasteiger partial charge in [0.2, 0.25) is 0 Å². The summed E-state index contributed by atoms with van der Waals surface area (Å²) in [6.07, 6.45) is 0. The minimum Gasteiger partial charge on any atom is -0.435 e. The van der Waals surface area contributed by atoms with E-state index in [4.69, 9.17) is 0 Å². The Hall–Kier alpha value is -1.89. The van der Waals surface area contributed by atoms with Crippen LogP contribution in [0.5, 0.6) is 5.75 Å². The molecule has 0 unspecified atom stereocenters. The van der Waals surface area contributed by atoms with Gasteiger partial charge in [0.15, 0.2) is 0 Å². The molecule has 23 heavy (non-hydrogen) atoms. The van der Waals surface area contributed by atoms with E-state index in [1.165, 1.54) is 12.1 Å². The number of hydrogen-bond donors (Lipinski definition) is 2. The number of halogens is 2. The quantitative estimate of drug-likeness (QED) is 0.894. The second-order valence-corrected chi connectivity index (χ2v) is 6.26. The molecule has 1 atom stereocenters. The van der Waals surface area contributed by atoms with E-state index < -0.39 is 6.61 Å². The number of ether oxygens (including phenoxy) is 1. The predicted octanol–water partition coefficient (Wildman–Crippen LogP) is 2.74. The van der Waals surface area contributed by atoms with E-state index in [2.05, 4.69) is 15.4 Å². The molecule has 7 heteroatoms. The van der Waals surface area contributed by atoms with Crippen molar-refractivity contribution in [3.05, 3.63) is 29.8 Å². The van der Waals surface area contributed by atoms with Crippen molar-refractivity contribution in [1.82, 2.24) is 15.5 Å². The largest absolute Gasteiger partial charge is 0.435 e. The van der Waals surface area contributed by atoms with E-state index in [1.54, 1.807) is 17.0 Å². The normalized spacial score (nSPS) is 18.6. The number of hydrogen-bond acceptors (Lipinski definition) is 3. The number of carbonyl (C=O) groups excluding carboxylic acids is 1. The van der Waals surface area contributed by atoms with Gasteiger partial charge in [0.1, 0.15) is 5.75 Å². The van der Waals surface area contributed by atoms with Crippen LogP contribution in [0.25, 0.3) is 0 Å². The van der Waals surface area contributed by atoms with Crippen molar-refractivity contribution in [2.24, 2.45) is 0 Å². The van der Waals surface area contributed by atoms with Crippen molar-refractivity contribution in [2.45, 2.75) is 39.0 Å². The van der Waals surface area contributed by atoms with Gasteiger partial charge >= 0.3 is 12.6 Å². The maximum atomic E-state index is 12.5. The molecule has 0 saturated carbocycles. The van der Waals surface area contributed by atoms with Gasteiger partial charge in [-0.2, -0.15) is 8.78 Å². The number of rotatable bonds is 4. The summed E-state index contributed by atoms with van der Waals surface area (Å²) in [5.41, 5.74) is 0.437. The fourth-order valence-electron chi connectivity index (χ4n) is 2.67. The zero-order chi connectivity index (χ0) is 17.0. The van der Waals surface area contributed by atoms with E-state index in [0.717, 1.165) is 13.1 Å². The molecule has 1 aromatic rings. The Bertz CT molecular complexity index is 552. The van der Waals surface area contributed by atoms with Gasteiger partial charge in [-0.3, -0.25) is 0 Å². The molecule has 1 saturated heterocycles. The first-order chi connectivity index (χ1) is 10.8. The van der Waals surface area contributed by atoms with E-state index in [0.29, 0.717) is 12.1 Å². The summed E-state index contributed by atoms with van der Waals surface area (Å²) >= 11 is 0. The van der Waals surface area contributed by atoms with Crippen LogP contribution in [0.4, 0.5) is 13.6 Å². The van der Waals surface area contributed by atoms with Crippen LogP contribution in [0, 0.1) is 0 Å². The van der Waals surface area contributed by atoms with Crippen molar-refractivity contribution in [1.29, 1.82) is 0 Å². The van der Waals surface area contributed by atoms with Crippen molar-refractivity contribution < 1.29 is 18.3 Å². The molecular weight excluding hydrogens is 304 g/mol. The minimum absolute atomic E-state index is 0.0844. The first-order valence-electron chi connectivity index (χ1n) is 7.63. The molecule has 1 aromatic carbocycles. The highest BCUT2D eigenvalue weighted by Crippen LogP contribution is 2.22. The van der Waals surface area contributed by atoms with Crippen LogP contribution in [-0.2, 0) is 0 Å². The molecule has 5 nitrogen and oxygen atoms in total. The van der Waals surface area contributed by atoms with E-state index in [1.807, 2.05) is 20.8 Å². The average molecular weight is 327 g/mol. The third-order valence-corrected chi connectivity index (χ3v) is 3.97. The van der Waals surface area contributed by atoms with Gasteiger partial charge in [0.05, 0.1) is 11.6 Å². The fourth-order valence-corrected chi connectivity index (χ4v) is 2.67. The zero-order valence-electron chi connectivity index (χ0n) is 13.6. The molecular formula is C16H23F2N3O2. The number of amides is 2. The fraction of sp³-hybridized carbons (Fsp3) is 0.562. The SMILES string of the molecule is C[C@H](NC(=O)N1CCNCC1(C)C)c1cccc(OC(F)F)c1. The summed E-state index contributed by atoms with van der Waals surface area (Å²) < 4.78 is 29.0. The standard InChI is InChI=1S/C16H23F2N3O2/c1-11(12-5-4-6-13(9-12)23-14(17)18)20-15(22)21-8-7-19-10-16(21,2)3/h4-6,9,11,14,19H,7-8,10H2,1-3H3,(H,20,22)/t11-/m0/s1. The summed E-state index contributed by atoms with van der Waals surface area (Å²) in [7, 11) is 0. The van der Waals surface area contributed by atoms with Crippen LogP contribution >= 0.6 is 0 Å². The zero-order valence-corrected chi connectivity index (χ0v) is 13.6. The Morgan fingerprint density at radius 3 is 2.83 bits per heavy atom. The third-order valence-electron chi connectivity index (χ3n) is 3.97. The summed E-state index contributed by atoms with van der Waals surface area (Å²) in [6, 6.07) is 5.90. The molecule has 1 fully saturated rings. The van der Waals surface area contributed by atoms with Gasteiger partial charge < -0.3 is 20.3 Å². The topological polar surface area (TPSA) is 53.6 Å². The maximum Gasteiger partial charge on any atom is 0.387 e. The highest BCUT2D eigenvalue weighted by atomic mass is 19.3. The Kier molecular flexibility index (Phi) is 5.41. The summed E-state index contributed by atoms with van der Waals surface area (Å²) in [6.45, 7) is 5.06. The van der Waals surface area contributed by atoms with Crippen LogP contribution in [0.3, 0.4) is 0 Å². The van der Waals surface area contributed by atoms with Gasteiger partial charge in [-0.15, -0.1) is 0 Å². The molecule has 0 bridgehead atoms. The first kappa shape index (κ1) is 17.5. The van der Waals surface area contributed by atoms with Crippen molar-refractivity contribution in [3.8, 4) is 5.75 Å². The van der Waals surface area contributed by atoms with Crippen molar-refractivity contribution in [3.63, 3.8) is 0 Å². The second kappa shape index (κ2) is 7.12. The molecule has 2 rings (SSSR count). The lowest BCUT2D eigenvalue weighted by molar-refractivity contribution is -0.0499. The maximum absolute atomic E-state index is 12.5. The number of nitrogens with zero attached hydrogens (tertiary/aromatic N) is 1. The Morgan fingerprint density at radius 2 is 2.17 bits per heavy atom. The third kappa shape index (κ3) is 4.54. The van der Waals surface area contributed by atoms with Crippen molar-refractivity contribution in [2.75, 3.05) is 19.6 Å². The smallest absolute Gasteiger partial charge is 0.387 e. The lowest BCUT2D eigenvalue weighted by Gasteiger charge is -2.43. The van der Waals surface area contributed by atoms with Gasteiger partial charge in [0, 0.05) is 19.6 Å². The number of benzene rings is 1. The van der Waals surface area contributed by atoms with Crippen LogP contribution < -0.4 is 15.4 Å². The van der Waals surface area contributed by atoms with Crippen LogP contribution in [0.15, 0.2) is 24.3 Å². The molecule has 1 heterocycles. The summed E-state index contributed by atoms with van der Waals surface area (Å²) in [4.78, 5) is 14.3. The molecule has 128 valence electrons. The Morgan fingerprint density at radius 1 is 1.43 bits per heavy atom. The summed E-state index contributed by atoms with van der Waals surface area (Å²) in [5.74, 6) is 0.0844. The lowest BCUT2D eigenvalue weighted by atomic mass is 10.0. The second-order valence-electron chi connectivity index (χ2n) is 6.26. The number of nitrogens with one attached hydrogen (secondary N) is 2. The summed E-state index contributed by atoms with van der Waals surface area (Å²) in [5, 5.41) is 6.18. The molecule has 1 aliphatic heterocycles. The van der Waals surface area contributed by atoms with E-state index in [9.17, 15) is 13.6 Å². The monoisotopic (exact) mass is 327 g/mol. The van der Waals surface area contributed by atoms with Gasteiger partial charge in [0.25, 0.3) is 0 Å². The minimum atomic E-state index is -2.86. The highest BCUT2D eigenvalue weighted by molar-refractivity contribution is 5.75. The van der Waals surface area contributed by atoms with Crippen LogP contribution in [-0.4, -0.2) is 42.7 Å². The number of carbonyl (C=O) groups is 1. The Balaban J connectivity index is 2.03. The number of piperazine rings is 1. The molecule has 1 aliphatic rings. The van der Waals surface area contributed by atoms with E-state index in [-0.39, 0.29) is 23.4 Å². The molecule has 0 spiro atoms. The van der Waals surface area contributed by atoms with Crippen LogP contribution in [0.2, 0.25) is 0 Å². The molecule has 0 aromatic heterocycles. The Labute approximate surface area is 135 Å². The molecule has 0 radical (unpaired) electrons. The molecule has 0 aliphatic carbocycles. The van der Waals surface area contributed by atoms with Crippen molar-refractivity contribution >= 4 is 6.03 Å².